The zero-order valence-electron chi connectivity index (χ0n) is 16.7. The molecule has 2 aromatic heterocycles. The van der Waals surface area contributed by atoms with Gasteiger partial charge in [-0.3, -0.25) is 20.0 Å². The van der Waals surface area contributed by atoms with E-state index >= 15 is 0 Å². The van der Waals surface area contributed by atoms with Crippen LogP contribution in [0, 0.1) is 24.0 Å². The number of nitro benzene ring substituents is 1. The van der Waals surface area contributed by atoms with Crippen LogP contribution < -0.4 is 5.32 Å². The van der Waals surface area contributed by atoms with Crippen molar-refractivity contribution in [2.45, 2.75) is 20.0 Å². The molecule has 0 saturated heterocycles. The molecule has 1 amide bonds. The molecular weight excluding hydrogens is 429 g/mol. The number of amides is 1. The highest BCUT2D eigenvalue weighted by atomic mass is 19.4. The molecule has 0 atom stereocenters. The molecule has 2 heterocycles. The summed E-state index contributed by atoms with van der Waals surface area (Å²) in [7, 11) is 0. The second-order valence-electron chi connectivity index (χ2n) is 7.08. The number of halogens is 3. The number of carbonyl (C=O) groups is 1. The van der Waals surface area contributed by atoms with Gasteiger partial charge in [0, 0.05) is 23.2 Å². The van der Waals surface area contributed by atoms with E-state index in [1.165, 1.54) is 28.9 Å². The summed E-state index contributed by atoms with van der Waals surface area (Å²) in [6.07, 6.45) is -4.63. The summed E-state index contributed by atoms with van der Waals surface area (Å²) < 4.78 is 41.3. The second kappa shape index (κ2) is 7.48. The molecule has 32 heavy (non-hydrogen) atoms. The average molecular weight is 444 g/mol. The summed E-state index contributed by atoms with van der Waals surface area (Å²) in [6, 6.07) is 8.46. The number of non-ortho nitro benzene ring substituents is 1. The number of nitrogens with zero attached hydrogens (tertiary/aromatic N) is 4. The van der Waals surface area contributed by atoms with Gasteiger partial charge in [-0.1, -0.05) is 0 Å². The Morgan fingerprint density at radius 3 is 2.53 bits per heavy atom. The first kappa shape index (κ1) is 21.0. The molecule has 4 rings (SSSR count). The van der Waals surface area contributed by atoms with Crippen LogP contribution in [0.3, 0.4) is 0 Å². The minimum atomic E-state index is -4.63. The van der Waals surface area contributed by atoms with Crippen LogP contribution in [0.5, 0.6) is 0 Å². The standard InChI is InChI=1S/C20H15F3N6O3/c1-10-7-11(2)28(27-10)17-6-3-12(20(21,22)23)8-16(17)24-19(30)18-14-9-13(29(31)32)4-5-15(14)25-26-18/h3-9H,1-2H3,(H,24,30)(H,25,26). The molecule has 0 aliphatic rings. The Labute approximate surface area is 178 Å². The molecule has 0 saturated carbocycles. The number of aromatic nitrogens is 4. The second-order valence-corrected chi connectivity index (χ2v) is 7.08. The molecule has 0 spiro atoms. The summed E-state index contributed by atoms with van der Waals surface area (Å²) in [5, 5.41) is 24.4. The van der Waals surface area contributed by atoms with Gasteiger partial charge in [-0.2, -0.15) is 23.4 Å². The first-order valence-corrected chi connectivity index (χ1v) is 9.23. The van der Waals surface area contributed by atoms with E-state index in [1.807, 2.05) is 0 Å². The SMILES string of the molecule is Cc1cc(C)n(-c2ccc(C(F)(F)F)cc2NC(=O)c2n[nH]c3ccc([N+](=O)[O-])cc23)n1. The predicted octanol–water partition coefficient (Wildman–Crippen LogP) is 4.54. The number of alkyl halides is 3. The number of benzene rings is 2. The average Bonchev–Trinajstić information content (AvgIpc) is 3.29. The summed E-state index contributed by atoms with van der Waals surface area (Å²) in [4.78, 5) is 23.4. The first-order valence-electron chi connectivity index (χ1n) is 9.23. The molecule has 0 aliphatic heterocycles. The maximum Gasteiger partial charge on any atom is 0.416 e. The van der Waals surface area contributed by atoms with Crippen LogP contribution in [0.25, 0.3) is 16.6 Å². The Balaban J connectivity index is 1.80. The molecule has 4 aromatic rings. The molecule has 12 heteroatoms. The number of H-pyrrole nitrogens is 1. The van der Waals surface area contributed by atoms with Gasteiger partial charge in [0.2, 0.25) is 0 Å². The monoisotopic (exact) mass is 444 g/mol. The van der Waals surface area contributed by atoms with Crippen LogP contribution >= 0.6 is 0 Å². The molecule has 0 aliphatic carbocycles. The fourth-order valence-electron chi connectivity index (χ4n) is 3.34. The van der Waals surface area contributed by atoms with Crippen molar-refractivity contribution in [2.75, 3.05) is 5.32 Å². The van der Waals surface area contributed by atoms with Gasteiger partial charge >= 0.3 is 6.18 Å². The smallest absolute Gasteiger partial charge is 0.319 e. The Morgan fingerprint density at radius 1 is 1.16 bits per heavy atom. The van der Waals surface area contributed by atoms with E-state index in [0.717, 1.165) is 12.1 Å². The highest BCUT2D eigenvalue weighted by Crippen LogP contribution is 2.34. The zero-order valence-corrected chi connectivity index (χ0v) is 16.7. The van der Waals surface area contributed by atoms with Crippen molar-refractivity contribution in [1.29, 1.82) is 0 Å². The summed E-state index contributed by atoms with van der Waals surface area (Å²) in [5.41, 5.74) is 0.337. The number of rotatable bonds is 4. The van der Waals surface area contributed by atoms with Gasteiger partial charge in [0.15, 0.2) is 5.69 Å². The molecule has 0 bridgehead atoms. The maximum atomic E-state index is 13.3. The third kappa shape index (κ3) is 3.77. The Kier molecular flexibility index (Phi) is 4.92. The minimum absolute atomic E-state index is 0.141. The number of hydrogen-bond acceptors (Lipinski definition) is 5. The van der Waals surface area contributed by atoms with Crippen LogP contribution in [0.2, 0.25) is 0 Å². The van der Waals surface area contributed by atoms with E-state index in [9.17, 15) is 28.1 Å². The Hall–Kier alpha value is -4.22. The molecule has 164 valence electrons. The third-order valence-electron chi connectivity index (χ3n) is 4.78. The number of nitrogens with one attached hydrogen (secondary N) is 2. The van der Waals surface area contributed by atoms with E-state index in [2.05, 4.69) is 20.6 Å². The molecule has 0 unspecified atom stereocenters. The van der Waals surface area contributed by atoms with Crippen LogP contribution in [-0.2, 0) is 6.18 Å². The topological polar surface area (TPSA) is 119 Å². The lowest BCUT2D eigenvalue weighted by Crippen LogP contribution is -2.17. The van der Waals surface area contributed by atoms with Gasteiger partial charge < -0.3 is 5.32 Å². The highest BCUT2D eigenvalue weighted by molar-refractivity contribution is 6.12. The van der Waals surface area contributed by atoms with Gasteiger partial charge in [0.05, 0.1) is 33.1 Å². The van der Waals surface area contributed by atoms with E-state index in [0.29, 0.717) is 16.9 Å². The molecule has 2 N–H and O–H groups in total. The fourth-order valence-corrected chi connectivity index (χ4v) is 3.34. The normalized spacial score (nSPS) is 11.7. The molecular formula is C20H15F3N6O3. The van der Waals surface area contributed by atoms with Gasteiger partial charge in [-0.25, -0.2) is 4.68 Å². The first-order chi connectivity index (χ1) is 15.0. The van der Waals surface area contributed by atoms with E-state index in [4.69, 9.17) is 0 Å². The van der Waals surface area contributed by atoms with Gasteiger partial charge in [-0.05, 0) is 44.2 Å². The van der Waals surface area contributed by atoms with Crippen LogP contribution in [0.1, 0.15) is 27.4 Å². The van der Waals surface area contributed by atoms with Gasteiger partial charge in [0.25, 0.3) is 11.6 Å². The minimum Gasteiger partial charge on any atom is -0.319 e. The summed E-state index contributed by atoms with van der Waals surface area (Å²) >= 11 is 0. The highest BCUT2D eigenvalue weighted by Gasteiger charge is 2.32. The number of carbonyl (C=O) groups excluding carboxylic acids is 1. The third-order valence-corrected chi connectivity index (χ3v) is 4.78. The number of anilines is 1. The zero-order chi connectivity index (χ0) is 23.2. The van der Waals surface area contributed by atoms with E-state index in [-0.39, 0.29) is 28.1 Å². The van der Waals surface area contributed by atoms with Crippen molar-refractivity contribution in [1.82, 2.24) is 20.0 Å². The quantitative estimate of drug-likeness (QED) is 0.354. The fraction of sp³-hybridized carbons (Fsp3) is 0.150. The van der Waals surface area contributed by atoms with Crippen LogP contribution in [0.15, 0.2) is 42.5 Å². The summed E-state index contributed by atoms with van der Waals surface area (Å²) in [5.74, 6) is -0.834. The summed E-state index contributed by atoms with van der Waals surface area (Å²) in [6.45, 7) is 3.46. The van der Waals surface area contributed by atoms with Crippen LogP contribution in [-0.4, -0.2) is 30.8 Å². The lowest BCUT2D eigenvalue weighted by Gasteiger charge is -2.15. The maximum absolute atomic E-state index is 13.3. The van der Waals surface area contributed by atoms with Crippen molar-refractivity contribution in [3.05, 3.63) is 75.2 Å². The largest absolute Gasteiger partial charge is 0.416 e. The van der Waals surface area contributed by atoms with Crippen molar-refractivity contribution >= 4 is 28.2 Å². The Bertz CT molecular complexity index is 1370. The van der Waals surface area contributed by atoms with Gasteiger partial charge in [0.1, 0.15) is 0 Å². The molecule has 0 fully saturated rings. The predicted molar refractivity (Wildman–Crippen MR) is 109 cm³/mol. The molecule has 0 radical (unpaired) electrons. The van der Waals surface area contributed by atoms with E-state index in [1.54, 1.807) is 19.9 Å². The lowest BCUT2D eigenvalue weighted by molar-refractivity contribution is -0.384. The molecule has 9 nitrogen and oxygen atoms in total. The van der Waals surface area contributed by atoms with Crippen molar-refractivity contribution < 1.29 is 22.9 Å². The number of nitro groups is 1. The number of aryl methyl sites for hydroxylation is 2. The Morgan fingerprint density at radius 2 is 1.91 bits per heavy atom. The number of aromatic amines is 1. The van der Waals surface area contributed by atoms with Crippen LogP contribution in [0.4, 0.5) is 24.5 Å². The van der Waals surface area contributed by atoms with Crippen molar-refractivity contribution in [3.8, 4) is 5.69 Å². The number of hydrogen-bond donors (Lipinski definition) is 2. The molecule has 2 aromatic carbocycles. The van der Waals surface area contributed by atoms with Gasteiger partial charge in [-0.15, -0.1) is 0 Å². The van der Waals surface area contributed by atoms with Crippen molar-refractivity contribution in [2.24, 2.45) is 0 Å². The van der Waals surface area contributed by atoms with E-state index < -0.39 is 22.6 Å². The lowest BCUT2D eigenvalue weighted by atomic mass is 10.1. The number of fused-ring (bicyclic) bond motifs is 1. The van der Waals surface area contributed by atoms with Crippen molar-refractivity contribution in [3.63, 3.8) is 0 Å².